The van der Waals surface area contributed by atoms with Gasteiger partial charge in [0.25, 0.3) is 0 Å². The van der Waals surface area contributed by atoms with Gasteiger partial charge in [0.15, 0.2) is 0 Å². The molecule has 0 spiro atoms. The minimum Gasteiger partial charge on any atom is -0.302 e. The van der Waals surface area contributed by atoms with Crippen molar-refractivity contribution in [3.8, 4) is 6.07 Å². The van der Waals surface area contributed by atoms with Gasteiger partial charge in [0.2, 0.25) is 0 Å². The normalized spacial score (nSPS) is 14.4. The molecular formula is C11H17IN4. The molecule has 0 aliphatic heterocycles. The van der Waals surface area contributed by atoms with E-state index in [2.05, 4.69) is 39.1 Å². The van der Waals surface area contributed by atoms with Crippen LogP contribution in [0.5, 0.6) is 0 Å². The molecule has 1 atom stereocenters. The Bertz CT molecular complexity index is 362. The van der Waals surface area contributed by atoms with Gasteiger partial charge in [-0.25, -0.2) is 0 Å². The van der Waals surface area contributed by atoms with Crippen LogP contribution in [-0.2, 0) is 6.54 Å². The maximum atomic E-state index is 9.14. The lowest BCUT2D eigenvalue weighted by Gasteiger charge is -2.24. The Hall–Kier alpha value is -0.610. The Balaban J connectivity index is 2.43. The fraction of sp³-hybridized carbons (Fsp3) is 0.636. The van der Waals surface area contributed by atoms with E-state index in [1.165, 1.54) is 0 Å². The number of nitrogens with zero attached hydrogens (tertiary/aromatic N) is 3. The number of nitriles is 1. The lowest BCUT2D eigenvalue weighted by molar-refractivity contribution is 0.375. The number of rotatable bonds is 6. The minimum atomic E-state index is -0.375. The van der Waals surface area contributed by atoms with Gasteiger partial charge in [-0.15, -0.1) is 0 Å². The smallest absolute Gasteiger partial charge is 0.106 e. The summed E-state index contributed by atoms with van der Waals surface area (Å²) < 4.78 is 3.07. The molecule has 0 amide bonds. The predicted octanol–water partition coefficient (Wildman–Crippen LogP) is 2.16. The fourth-order valence-electron chi connectivity index (χ4n) is 1.67. The van der Waals surface area contributed by atoms with Crippen LogP contribution in [0.4, 0.5) is 0 Å². The zero-order chi connectivity index (χ0) is 12.0. The topological polar surface area (TPSA) is 53.6 Å². The predicted molar refractivity (Wildman–Crippen MR) is 71.9 cm³/mol. The molecule has 0 fully saturated rings. The van der Waals surface area contributed by atoms with Crippen molar-refractivity contribution in [1.82, 2.24) is 15.1 Å². The van der Waals surface area contributed by atoms with Gasteiger partial charge in [0.05, 0.1) is 15.8 Å². The Morgan fingerprint density at radius 2 is 2.44 bits per heavy atom. The SMILES string of the molecule is CCC(C#N)(CCCn1cc(I)cn1)NC. The van der Waals surface area contributed by atoms with E-state index in [4.69, 9.17) is 5.26 Å². The Kier molecular flexibility index (Phi) is 5.22. The summed E-state index contributed by atoms with van der Waals surface area (Å²) in [5.74, 6) is 0. The number of hydrogen-bond donors (Lipinski definition) is 1. The zero-order valence-corrected chi connectivity index (χ0v) is 11.9. The third kappa shape index (κ3) is 3.46. The summed E-state index contributed by atoms with van der Waals surface area (Å²) in [7, 11) is 1.85. The van der Waals surface area contributed by atoms with Gasteiger partial charge < -0.3 is 5.32 Å². The molecule has 1 aromatic heterocycles. The highest BCUT2D eigenvalue weighted by molar-refractivity contribution is 14.1. The van der Waals surface area contributed by atoms with Crippen LogP contribution in [0.1, 0.15) is 26.2 Å². The largest absolute Gasteiger partial charge is 0.302 e. The average Bonchev–Trinajstić information content (AvgIpc) is 2.71. The van der Waals surface area contributed by atoms with Gasteiger partial charge in [-0.05, 0) is 48.9 Å². The average molecular weight is 332 g/mol. The summed E-state index contributed by atoms with van der Waals surface area (Å²) in [6.07, 6.45) is 6.50. The lowest BCUT2D eigenvalue weighted by atomic mass is 9.92. The van der Waals surface area contributed by atoms with E-state index in [0.29, 0.717) is 0 Å². The standard InChI is InChI=1S/C11H17IN4/c1-3-11(9-13,14-2)5-4-6-16-8-10(12)7-15-16/h7-8,14H,3-6H2,1-2H3. The molecule has 88 valence electrons. The van der Waals surface area contributed by atoms with Crippen molar-refractivity contribution in [2.75, 3.05) is 7.05 Å². The third-order valence-electron chi connectivity index (χ3n) is 2.89. The second-order valence-corrected chi connectivity index (χ2v) is 5.07. The molecule has 0 saturated carbocycles. The molecule has 0 saturated heterocycles. The van der Waals surface area contributed by atoms with Crippen molar-refractivity contribution in [3.63, 3.8) is 0 Å². The van der Waals surface area contributed by atoms with Crippen LogP contribution in [-0.4, -0.2) is 22.4 Å². The molecule has 16 heavy (non-hydrogen) atoms. The quantitative estimate of drug-likeness (QED) is 0.813. The summed E-state index contributed by atoms with van der Waals surface area (Å²) in [5.41, 5.74) is -0.375. The van der Waals surface area contributed by atoms with Crippen LogP contribution >= 0.6 is 22.6 Å². The van der Waals surface area contributed by atoms with Crippen LogP contribution in [0.3, 0.4) is 0 Å². The highest BCUT2D eigenvalue weighted by atomic mass is 127. The van der Waals surface area contributed by atoms with E-state index in [0.717, 1.165) is 29.4 Å². The van der Waals surface area contributed by atoms with E-state index in [9.17, 15) is 0 Å². The number of halogens is 1. The van der Waals surface area contributed by atoms with Gasteiger partial charge in [0.1, 0.15) is 5.54 Å². The third-order valence-corrected chi connectivity index (χ3v) is 3.45. The van der Waals surface area contributed by atoms with Crippen molar-refractivity contribution < 1.29 is 0 Å². The van der Waals surface area contributed by atoms with Crippen LogP contribution in [0.25, 0.3) is 0 Å². The summed E-state index contributed by atoms with van der Waals surface area (Å²) in [6.45, 7) is 2.91. The van der Waals surface area contributed by atoms with E-state index in [-0.39, 0.29) is 5.54 Å². The number of nitrogens with one attached hydrogen (secondary N) is 1. The van der Waals surface area contributed by atoms with E-state index in [1.54, 1.807) is 0 Å². The molecule has 1 rings (SSSR count). The number of aromatic nitrogens is 2. The first-order chi connectivity index (χ1) is 7.65. The summed E-state index contributed by atoms with van der Waals surface area (Å²) >= 11 is 2.24. The van der Waals surface area contributed by atoms with Crippen LogP contribution < -0.4 is 5.32 Å². The minimum absolute atomic E-state index is 0.375. The summed E-state index contributed by atoms with van der Waals surface area (Å²) in [5, 5.41) is 16.5. The van der Waals surface area contributed by atoms with Crippen molar-refractivity contribution in [1.29, 1.82) is 5.26 Å². The van der Waals surface area contributed by atoms with Crippen LogP contribution in [0.15, 0.2) is 12.4 Å². The number of hydrogen-bond acceptors (Lipinski definition) is 3. The van der Waals surface area contributed by atoms with Gasteiger partial charge in [-0.2, -0.15) is 10.4 Å². The van der Waals surface area contributed by atoms with Crippen LogP contribution in [0, 0.1) is 14.9 Å². The molecule has 1 N–H and O–H groups in total. The van der Waals surface area contributed by atoms with Gasteiger partial charge in [-0.1, -0.05) is 6.92 Å². The fourth-order valence-corrected chi connectivity index (χ4v) is 2.12. The second kappa shape index (κ2) is 6.21. The molecule has 0 aromatic carbocycles. The van der Waals surface area contributed by atoms with Gasteiger partial charge in [0, 0.05) is 12.7 Å². The molecule has 1 heterocycles. The highest BCUT2D eigenvalue weighted by Gasteiger charge is 2.24. The first kappa shape index (κ1) is 13.5. The summed E-state index contributed by atoms with van der Waals surface area (Å²) in [4.78, 5) is 0. The maximum Gasteiger partial charge on any atom is 0.106 e. The van der Waals surface area contributed by atoms with Crippen LogP contribution in [0.2, 0.25) is 0 Å². The van der Waals surface area contributed by atoms with Crippen molar-refractivity contribution in [2.24, 2.45) is 0 Å². The lowest BCUT2D eigenvalue weighted by Crippen LogP contribution is -2.40. The first-order valence-electron chi connectivity index (χ1n) is 5.44. The molecule has 1 unspecified atom stereocenters. The van der Waals surface area contributed by atoms with Crippen molar-refractivity contribution >= 4 is 22.6 Å². The Labute approximate surface area is 110 Å². The molecule has 5 heteroatoms. The molecule has 0 bridgehead atoms. The van der Waals surface area contributed by atoms with Gasteiger partial charge in [-0.3, -0.25) is 4.68 Å². The zero-order valence-electron chi connectivity index (χ0n) is 9.70. The first-order valence-corrected chi connectivity index (χ1v) is 6.52. The highest BCUT2D eigenvalue weighted by Crippen LogP contribution is 2.16. The Morgan fingerprint density at radius 3 is 2.88 bits per heavy atom. The molecule has 0 aliphatic carbocycles. The van der Waals surface area contributed by atoms with E-state index >= 15 is 0 Å². The maximum absolute atomic E-state index is 9.14. The second-order valence-electron chi connectivity index (χ2n) is 3.82. The van der Waals surface area contributed by atoms with Crippen molar-refractivity contribution in [3.05, 3.63) is 16.0 Å². The van der Waals surface area contributed by atoms with E-state index < -0.39 is 0 Å². The molecular weight excluding hydrogens is 315 g/mol. The molecule has 0 aliphatic rings. The Morgan fingerprint density at radius 1 is 1.69 bits per heavy atom. The van der Waals surface area contributed by atoms with Crippen molar-refractivity contribution in [2.45, 2.75) is 38.3 Å². The number of aryl methyl sites for hydroxylation is 1. The molecule has 1 aromatic rings. The summed E-state index contributed by atoms with van der Waals surface area (Å²) in [6, 6.07) is 2.36. The molecule has 4 nitrogen and oxygen atoms in total. The van der Waals surface area contributed by atoms with Gasteiger partial charge >= 0.3 is 0 Å². The monoisotopic (exact) mass is 332 g/mol. The van der Waals surface area contributed by atoms with E-state index in [1.807, 2.05) is 31.0 Å². The molecule has 0 radical (unpaired) electrons.